The number of carbonyl (C=O) groups excluding carboxylic acids is 1. The van der Waals surface area contributed by atoms with Crippen LogP contribution < -0.4 is 16.0 Å². The predicted octanol–water partition coefficient (Wildman–Crippen LogP) is 2.42. The van der Waals surface area contributed by atoms with Gasteiger partial charge in [0.1, 0.15) is 0 Å². The number of nitrogens with one attached hydrogen (secondary N) is 3. The largest absolute Gasteiger partial charge is 0.373 e. The summed E-state index contributed by atoms with van der Waals surface area (Å²) in [6.45, 7) is 4.66. The zero-order valence-corrected chi connectivity index (χ0v) is 17.7. The van der Waals surface area contributed by atoms with E-state index < -0.39 is 0 Å². The molecule has 0 aromatic heterocycles. The van der Waals surface area contributed by atoms with Crippen LogP contribution in [-0.2, 0) is 4.74 Å². The van der Waals surface area contributed by atoms with Crippen LogP contribution in [0.4, 0.5) is 0 Å². The highest BCUT2D eigenvalue weighted by atomic mass is 127. The van der Waals surface area contributed by atoms with Crippen molar-refractivity contribution in [1.29, 1.82) is 0 Å². The van der Waals surface area contributed by atoms with Gasteiger partial charge in [0, 0.05) is 33.3 Å². The summed E-state index contributed by atoms with van der Waals surface area (Å²) in [6.07, 6.45) is 2.14. The number of hydrogen-bond donors (Lipinski definition) is 3. The smallest absolute Gasteiger partial charge is 0.252 e. The van der Waals surface area contributed by atoms with Gasteiger partial charge in [-0.15, -0.1) is 24.0 Å². The van der Waals surface area contributed by atoms with E-state index in [1.165, 1.54) is 0 Å². The monoisotopic (exact) mass is 480 g/mol. The number of benzene rings is 1. The van der Waals surface area contributed by atoms with Crippen LogP contribution in [0.3, 0.4) is 0 Å². The lowest BCUT2D eigenvalue weighted by atomic mass is 10.0. The van der Waals surface area contributed by atoms with E-state index in [1.54, 1.807) is 31.3 Å². The third-order valence-corrected chi connectivity index (χ3v) is 4.30. The van der Waals surface area contributed by atoms with E-state index >= 15 is 0 Å². The predicted molar refractivity (Wildman–Crippen MR) is 112 cm³/mol. The molecule has 0 aliphatic carbocycles. The van der Waals surface area contributed by atoms with Gasteiger partial charge in [0.2, 0.25) is 0 Å². The number of guanidine groups is 1. The normalized spacial score (nSPS) is 19.9. The van der Waals surface area contributed by atoms with Gasteiger partial charge in [-0.05, 0) is 31.9 Å². The summed E-state index contributed by atoms with van der Waals surface area (Å²) in [4.78, 5) is 16.2. The van der Waals surface area contributed by atoms with Crippen molar-refractivity contribution in [2.75, 3.05) is 33.3 Å². The topological polar surface area (TPSA) is 74.8 Å². The highest BCUT2D eigenvalue weighted by Gasteiger charge is 2.29. The van der Waals surface area contributed by atoms with Crippen LogP contribution in [0.1, 0.15) is 30.1 Å². The molecule has 140 valence electrons. The number of aliphatic imine (C=N–C) groups is 1. The fraction of sp³-hybridized carbons (Fsp3) is 0.529. The number of ether oxygens (including phenoxy) is 1. The molecule has 0 spiro atoms. The van der Waals surface area contributed by atoms with Crippen molar-refractivity contribution in [2.45, 2.75) is 25.4 Å². The molecule has 0 bridgehead atoms. The quantitative estimate of drug-likeness (QED) is 0.253. The Hall–Kier alpha value is -1.06. The second kappa shape index (κ2) is 10.8. The molecular weight excluding hydrogens is 455 g/mol. The van der Waals surface area contributed by atoms with Gasteiger partial charge >= 0.3 is 0 Å². The van der Waals surface area contributed by atoms with E-state index in [-0.39, 0.29) is 35.5 Å². The molecule has 0 saturated carbocycles. The molecule has 3 N–H and O–H groups in total. The van der Waals surface area contributed by atoms with Crippen LogP contribution in [0.5, 0.6) is 0 Å². The minimum Gasteiger partial charge on any atom is -0.373 e. The molecule has 25 heavy (non-hydrogen) atoms. The second-order valence-electron chi connectivity index (χ2n) is 5.99. The van der Waals surface area contributed by atoms with Crippen LogP contribution in [0.2, 0.25) is 5.02 Å². The maximum atomic E-state index is 12.0. The molecule has 1 aliphatic rings. The van der Waals surface area contributed by atoms with Gasteiger partial charge in [-0.3, -0.25) is 9.79 Å². The molecular formula is C17H26ClIN4O2. The van der Waals surface area contributed by atoms with Crippen molar-refractivity contribution >= 4 is 47.4 Å². The first-order valence-electron chi connectivity index (χ1n) is 8.15. The first-order valence-corrected chi connectivity index (χ1v) is 8.53. The minimum absolute atomic E-state index is 0. The third kappa shape index (κ3) is 6.99. The van der Waals surface area contributed by atoms with Crippen LogP contribution in [0.15, 0.2) is 29.3 Å². The zero-order valence-electron chi connectivity index (χ0n) is 14.6. The van der Waals surface area contributed by atoms with Crippen molar-refractivity contribution in [1.82, 2.24) is 16.0 Å². The Morgan fingerprint density at radius 3 is 2.64 bits per heavy atom. The minimum atomic E-state index is -0.183. The second-order valence-corrected chi connectivity index (χ2v) is 6.40. The molecule has 1 heterocycles. The van der Waals surface area contributed by atoms with Crippen LogP contribution in [0, 0.1) is 0 Å². The van der Waals surface area contributed by atoms with Crippen molar-refractivity contribution in [3.63, 3.8) is 0 Å². The van der Waals surface area contributed by atoms with E-state index in [2.05, 4.69) is 27.9 Å². The summed E-state index contributed by atoms with van der Waals surface area (Å²) >= 11 is 6.00. The standard InChI is InChI=1S/C17H25ClN4O2.HI/c1-17(8-5-11-24-17)12-22-16(19-2)21-10-9-20-15(23)13-6-3-4-7-14(13)18;/h3-4,6-7H,5,8-12H2,1-2H3,(H,20,23)(H2,19,21,22);1H. The van der Waals surface area contributed by atoms with E-state index in [0.717, 1.165) is 19.4 Å². The first-order chi connectivity index (χ1) is 11.5. The van der Waals surface area contributed by atoms with Crippen LogP contribution in [0.25, 0.3) is 0 Å². The van der Waals surface area contributed by atoms with Crippen molar-refractivity contribution in [3.05, 3.63) is 34.9 Å². The van der Waals surface area contributed by atoms with Crippen molar-refractivity contribution < 1.29 is 9.53 Å². The van der Waals surface area contributed by atoms with Gasteiger partial charge in [-0.1, -0.05) is 23.7 Å². The number of hydrogen-bond acceptors (Lipinski definition) is 3. The number of halogens is 2. The van der Waals surface area contributed by atoms with E-state index in [1.807, 2.05) is 0 Å². The maximum Gasteiger partial charge on any atom is 0.252 e. The van der Waals surface area contributed by atoms with Gasteiger partial charge in [0.05, 0.1) is 16.2 Å². The molecule has 1 aromatic rings. The molecule has 1 saturated heterocycles. The summed E-state index contributed by atoms with van der Waals surface area (Å²) in [5.41, 5.74) is 0.351. The fourth-order valence-corrected chi connectivity index (χ4v) is 2.79. The number of rotatable bonds is 6. The van der Waals surface area contributed by atoms with Crippen molar-refractivity contribution in [3.8, 4) is 0 Å². The average molecular weight is 481 g/mol. The average Bonchev–Trinajstić information content (AvgIpc) is 3.01. The molecule has 6 nitrogen and oxygen atoms in total. The summed E-state index contributed by atoms with van der Waals surface area (Å²) in [6, 6.07) is 6.99. The van der Waals surface area contributed by atoms with E-state index in [4.69, 9.17) is 16.3 Å². The summed E-state index contributed by atoms with van der Waals surface area (Å²) in [5, 5.41) is 9.71. The Morgan fingerprint density at radius 2 is 2.00 bits per heavy atom. The first kappa shape index (κ1) is 22.0. The Bertz CT molecular complexity index is 592. The third-order valence-electron chi connectivity index (χ3n) is 3.98. The molecule has 2 rings (SSSR count). The molecule has 1 aromatic carbocycles. The van der Waals surface area contributed by atoms with Gasteiger partial charge in [0.25, 0.3) is 5.91 Å². The molecule has 1 aliphatic heterocycles. The summed E-state index contributed by atoms with van der Waals surface area (Å²) in [5.74, 6) is 0.510. The maximum absolute atomic E-state index is 12.0. The molecule has 8 heteroatoms. The van der Waals surface area contributed by atoms with Gasteiger partial charge in [0.15, 0.2) is 5.96 Å². The number of nitrogens with zero attached hydrogens (tertiary/aromatic N) is 1. The molecule has 1 amide bonds. The van der Waals surface area contributed by atoms with E-state index in [9.17, 15) is 4.79 Å². The van der Waals surface area contributed by atoms with Gasteiger partial charge in [-0.25, -0.2) is 0 Å². The number of carbonyl (C=O) groups is 1. The highest BCUT2D eigenvalue weighted by molar-refractivity contribution is 14.0. The van der Waals surface area contributed by atoms with Gasteiger partial charge < -0.3 is 20.7 Å². The molecule has 1 atom stereocenters. The highest BCUT2D eigenvalue weighted by Crippen LogP contribution is 2.23. The lowest BCUT2D eigenvalue weighted by molar-refractivity contribution is 0.0243. The Balaban J connectivity index is 0.00000312. The lowest BCUT2D eigenvalue weighted by Crippen LogP contribution is -2.47. The Labute approximate surface area is 171 Å². The summed E-state index contributed by atoms with van der Waals surface area (Å²) < 4.78 is 5.74. The van der Waals surface area contributed by atoms with Crippen LogP contribution >= 0.6 is 35.6 Å². The zero-order chi connectivity index (χ0) is 17.4. The lowest BCUT2D eigenvalue weighted by Gasteiger charge is -2.24. The molecule has 1 fully saturated rings. The SMILES string of the molecule is CN=C(NCCNC(=O)c1ccccc1Cl)NCC1(C)CCCO1.I. The van der Waals surface area contributed by atoms with E-state index in [0.29, 0.717) is 36.2 Å². The number of amides is 1. The Kier molecular flexibility index (Phi) is 9.52. The van der Waals surface area contributed by atoms with Gasteiger partial charge in [-0.2, -0.15) is 0 Å². The summed E-state index contributed by atoms with van der Waals surface area (Å²) in [7, 11) is 1.72. The molecule has 0 radical (unpaired) electrons. The fourth-order valence-electron chi connectivity index (χ4n) is 2.57. The molecule has 1 unspecified atom stereocenters. The van der Waals surface area contributed by atoms with Crippen LogP contribution in [-0.4, -0.2) is 50.8 Å². The Morgan fingerprint density at radius 1 is 1.28 bits per heavy atom. The van der Waals surface area contributed by atoms with Crippen molar-refractivity contribution in [2.24, 2.45) is 4.99 Å².